The van der Waals surface area contributed by atoms with Gasteiger partial charge in [0.05, 0.1) is 12.0 Å². The Morgan fingerprint density at radius 3 is 2.33 bits per heavy atom. The van der Waals surface area contributed by atoms with E-state index in [0.717, 1.165) is 10.4 Å². The summed E-state index contributed by atoms with van der Waals surface area (Å²) in [5, 5.41) is 12.1. The first-order valence-electron chi connectivity index (χ1n) is 6.18. The van der Waals surface area contributed by atoms with Crippen molar-refractivity contribution in [1.82, 2.24) is 0 Å². The van der Waals surface area contributed by atoms with Gasteiger partial charge in [0.25, 0.3) is 0 Å². The largest absolute Gasteiger partial charge is 0.391 e. The lowest BCUT2D eigenvalue weighted by atomic mass is 9.78. The molecule has 1 saturated carbocycles. The summed E-state index contributed by atoms with van der Waals surface area (Å²) >= 11 is 1.49. The molecule has 0 saturated heterocycles. The summed E-state index contributed by atoms with van der Waals surface area (Å²) in [5.74, 6) is -1.20. The maximum Gasteiger partial charge on any atom is 0.391 e. The summed E-state index contributed by atoms with van der Waals surface area (Å²) in [6.45, 7) is 1.93. The molecule has 5 heteroatoms. The number of aliphatic hydroxyl groups is 1. The molecular formula is C13H17F3OS. The van der Waals surface area contributed by atoms with Crippen molar-refractivity contribution in [2.45, 2.75) is 44.9 Å². The molecule has 0 amide bonds. The molecule has 1 aliphatic carbocycles. The van der Waals surface area contributed by atoms with E-state index >= 15 is 0 Å². The number of alkyl halides is 3. The van der Waals surface area contributed by atoms with Crippen molar-refractivity contribution < 1.29 is 18.3 Å². The fourth-order valence-electron chi connectivity index (χ4n) is 2.66. The fourth-order valence-corrected chi connectivity index (χ4v) is 3.67. The molecule has 1 nitrogen and oxygen atoms in total. The topological polar surface area (TPSA) is 20.2 Å². The van der Waals surface area contributed by atoms with Gasteiger partial charge in [0.1, 0.15) is 0 Å². The Morgan fingerprint density at radius 1 is 1.28 bits per heavy atom. The Labute approximate surface area is 109 Å². The highest BCUT2D eigenvalue weighted by molar-refractivity contribution is 7.10. The summed E-state index contributed by atoms with van der Waals surface area (Å²) in [7, 11) is 0. The van der Waals surface area contributed by atoms with Gasteiger partial charge in [0.15, 0.2) is 0 Å². The second-order valence-corrected chi connectivity index (χ2v) is 6.01. The van der Waals surface area contributed by atoms with Gasteiger partial charge in [-0.25, -0.2) is 0 Å². The van der Waals surface area contributed by atoms with Crippen LogP contribution in [0.15, 0.2) is 11.4 Å². The summed E-state index contributed by atoms with van der Waals surface area (Å²) in [5.41, 5.74) is 1.03. The zero-order chi connectivity index (χ0) is 13.3. The molecule has 1 heterocycles. The quantitative estimate of drug-likeness (QED) is 0.847. The van der Waals surface area contributed by atoms with Crippen LogP contribution in [0, 0.1) is 18.8 Å². The molecule has 1 aromatic rings. The molecule has 1 fully saturated rings. The number of thiophene rings is 1. The zero-order valence-corrected chi connectivity index (χ0v) is 11.0. The average molecular weight is 278 g/mol. The Morgan fingerprint density at radius 2 is 1.89 bits per heavy atom. The van der Waals surface area contributed by atoms with Crippen LogP contribution in [0.5, 0.6) is 0 Å². The van der Waals surface area contributed by atoms with E-state index in [0.29, 0.717) is 12.8 Å². The Bertz CT molecular complexity index is 391. The predicted molar refractivity (Wildman–Crippen MR) is 65.5 cm³/mol. The van der Waals surface area contributed by atoms with Crippen LogP contribution in [-0.2, 0) is 0 Å². The van der Waals surface area contributed by atoms with Crippen LogP contribution in [-0.4, -0.2) is 11.3 Å². The number of halogens is 3. The molecule has 0 aromatic carbocycles. The van der Waals surface area contributed by atoms with Gasteiger partial charge in [-0.15, -0.1) is 11.3 Å². The molecule has 1 aliphatic rings. The monoisotopic (exact) mass is 278 g/mol. The minimum atomic E-state index is -4.07. The molecule has 0 radical (unpaired) electrons. The van der Waals surface area contributed by atoms with Gasteiger partial charge in [0.2, 0.25) is 0 Å². The second-order valence-electron chi connectivity index (χ2n) is 5.07. The van der Waals surface area contributed by atoms with Gasteiger partial charge < -0.3 is 5.11 Å². The van der Waals surface area contributed by atoms with Gasteiger partial charge in [-0.05, 0) is 55.5 Å². The van der Waals surface area contributed by atoms with Gasteiger partial charge in [0, 0.05) is 4.88 Å². The van der Waals surface area contributed by atoms with Crippen molar-refractivity contribution in [3.8, 4) is 0 Å². The summed E-state index contributed by atoms with van der Waals surface area (Å²) in [6.07, 6.45) is -3.45. The number of rotatable bonds is 2. The normalized spacial score (nSPS) is 27.2. The van der Waals surface area contributed by atoms with Gasteiger partial charge in [-0.2, -0.15) is 13.2 Å². The van der Waals surface area contributed by atoms with Crippen LogP contribution >= 0.6 is 11.3 Å². The molecule has 18 heavy (non-hydrogen) atoms. The Kier molecular flexibility index (Phi) is 4.02. The van der Waals surface area contributed by atoms with Crippen molar-refractivity contribution in [2.75, 3.05) is 0 Å². The van der Waals surface area contributed by atoms with Crippen LogP contribution in [0.1, 0.15) is 42.2 Å². The number of hydrogen-bond acceptors (Lipinski definition) is 2. The molecule has 2 rings (SSSR count). The van der Waals surface area contributed by atoms with Crippen molar-refractivity contribution in [3.05, 3.63) is 21.9 Å². The third-order valence-electron chi connectivity index (χ3n) is 3.85. The first-order chi connectivity index (χ1) is 8.39. The minimum Gasteiger partial charge on any atom is -0.387 e. The second kappa shape index (κ2) is 5.21. The summed E-state index contributed by atoms with van der Waals surface area (Å²) in [6, 6.07) is 1.94. The van der Waals surface area contributed by atoms with Crippen molar-refractivity contribution in [2.24, 2.45) is 11.8 Å². The third kappa shape index (κ3) is 2.88. The molecule has 0 bridgehead atoms. The van der Waals surface area contributed by atoms with Crippen LogP contribution in [0.3, 0.4) is 0 Å². The van der Waals surface area contributed by atoms with E-state index in [1.165, 1.54) is 11.3 Å². The summed E-state index contributed by atoms with van der Waals surface area (Å²) in [4.78, 5) is 0.908. The standard InChI is InChI=1S/C13H17F3OS/c1-8-6-7-18-12(8)11(17)9-2-4-10(5-3-9)13(14,15)16/h6-7,9-11,17H,2-5H2,1H3. The lowest BCUT2D eigenvalue weighted by molar-refractivity contribution is -0.185. The predicted octanol–water partition coefficient (Wildman–Crippen LogP) is 4.46. The molecule has 102 valence electrons. The van der Waals surface area contributed by atoms with E-state index in [4.69, 9.17) is 0 Å². The van der Waals surface area contributed by atoms with Gasteiger partial charge in [-0.3, -0.25) is 0 Å². The van der Waals surface area contributed by atoms with Gasteiger partial charge >= 0.3 is 6.18 Å². The SMILES string of the molecule is Cc1ccsc1C(O)C1CCC(C(F)(F)F)CC1. The van der Waals surface area contributed by atoms with Crippen molar-refractivity contribution >= 4 is 11.3 Å². The molecule has 1 aromatic heterocycles. The van der Waals surface area contributed by atoms with Crippen LogP contribution in [0.25, 0.3) is 0 Å². The van der Waals surface area contributed by atoms with E-state index in [-0.39, 0.29) is 18.8 Å². The van der Waals surface area contributed by atoms with Gasteiger partial charge in [-0.1, -0.05) is 0 Å². The maximum absolute atomic E-state index is 12.5. The maximum atomic E-state index is 12.5. The highest BCUT2D eigenvalue weighted by Gasteiger charge is 2.42. The van der Waals surface area contributed by atoms with Crippen LogP contribution < -0.4 is 0 Å². The minimum absolute atomic E-state index is 0.0269. The fraction of sp³-hybridized carbons (Fsp3) is 0.692. The molecule has 1 atom stereocenters. The molecular weight excluding hydrogens is 261 g/mol. The highest BCUT2D eigenvalue weighted by atomic mass is 32.1. The molecule has 0 spiro atoms. The Balaban J connectivity index is 1.96. The first-order valence-corrected chi connectivity index (χ1v) is 7.06. The molecule has 0 aliphatic heterocycles. The summed E-state index contributed by atoms with van der Waals surface area (Å²) < 4.78 is 37.6. The molecule has 1 N–H and O–H groups in total. The zero-order valence-electron chi connectivity index (χ0n) is 10.2. The number of aryl methyl sites for hydroxylation is 1. The third-order valence-corrected chi connectivity index (χ3v) is 4.94. The van der Waals surface area contributed by atoms with E-state index in [2.05, 4.69) is 0 Å². The number of hydrogen-bond donors (Lipinski definition) is 1. The Hall–Kier alpha value is -0.550. The van der Waals surface area contributed by atoms with E-state index in [1.807, 2.05) is 18.4 Å². The lowest BCUT2D eigenvalue weighted by Gasteiger charge is -2.32. The number of aliphatic hydroxyl groups excluding tert-OH is 1. The highest BCUT2D eigenvalue weighted by Crippen LogP contribution is 2.44. The van der Waals surface area contributed by atoms with E-state index in [9.17, 15) is 18.3 Å². The average Bonchev–Trinajstić information content (AvgIpc) is 2.73. The van der Waals surface area contributed by atoms with E-state index in [1.54, 1.807) is 0 Å². The first kappa shape index (κ1) is 13.9. The lowest BCUT2D eigenvalue weighted by Crippen LogP contribution is -2.29. The smallest absolute Gasteiger partial charge is 0.387 e. The van der Waals surface area contributed by atoms with Crippen LogP contribution in [0.4, 0.5) is 13.2 Å². The van der Waals surface area contributed by atoms with Crippen molar-refractivity contribution in [3.63, 3.8) is 0 Å². The van der Waals surface area contributed by atoms with Crippen molar-refractivity contribution in [1.29, 1.82) is 0 Å². The van der Waals surface area contributed by atoms with Crippen LogP contribution in [0.2, 0.25) is 0 Å². The van der Waals surface area contributed by atoms with E-state index < -0.39 is 18.2 Å². The molecule has 1 unspecified atom stereocenters.